The predicted molar refractivity (Wildman–Crippen MR) is 113 cm³/mol. The molecular weight excluding hydrogens is 356 g/mol. The van der Waals surface area contributed by atoms with E-state index in [-0.39, 0.29) is 6.42 Å². The number of ketones is 1. The lowest BCUT2D eigenvalue weighted by molar-refractivity contribution is -0.162. The van der Waals surface area contributed by atoms with Gasteiger partial charge in [-0.1, -0.05) is 70.4 Å². The topological polar surface area (TPSA) is 83.8 Å². The summed E-state index contributed by atoms with van der Waals surface area (Å²) in [7, 11) is 0. The molecule has 0 aromatic carbocycles. The Morgan fingerprint density at radius 3 is 1.86 bits per heavy atom. The first kappa shape index (κ1) is 26.8. The van der Waals surface area contributed by atoms with Gasteiger partial charge in [0, 0.05) is 6.42 Å². The largest absolute Gasteiger partial charge is 0.451 e. The minimum absolute atomic E-state index is 0.236. The molecule has 0 aliphatic carbocycles. The summed E-state index contributed by atoms with van der Waals surface area (Å²) in [6, 6.07) is 0. The Morgan fingerprint density at radius 1 is 0.857 bits per heavy atom. The summed E-state index contributed by atoms with van der Waals surface area (Å²) in [6.07, 6.45) is 17.7. The van der Waals surface area contributed by atoms with Gasteiger partial charge in [0.1, 0.15) is 6.10 Å². The maximum atomic E-state index is 11.7. The highest BCUT2D eigenvalue weighted by Crippen LogP contribution is 2.11. The smallest absolute Gasteiger partial charge is 0.306 e. The number of unbranched alkanes of at least 4 members (excludes halogenated alkanes) is 11. The number of aliphatic hydroxyl groups excluding tert-OH is 2. The number of carbonyl (C=O) groups is 2. The molecule has 5 heteroatoms. The molecule has 0 rings (SSSR count). The Hall–Kier alpha value is -1.20. The number of esters is 1. The van der Waals surface area contributed by atoms with E-state index in [4.69, 9.17) is 9.84 Å². The molecule has 2 N–H and O–H groups in total. The van der Waals surface area contributed by atoms with Crippen LogP contribution in [0.5, 0.6) is 0 Å². The lowest BCUT2D eigenvalue weighted by atomic mass is 10.1. The zero-order chi connectivity index (χ0) is 21.0. The highest BCUT2D eigenvalue weighted by Gasteiger charge is 2.26. The fourth-order valence-corrected chi connectivity index (χ4v) is 3.07. The maximum Gasteiger partial charge on any atom is 0.306 e. The molecule has 0 spiro atoms. The summed E-state index contributed by atoms with van der Waals surface area (Å²) in [4.78, 5) is 23.1. The first-order chi connectivity index (χ1) is 13.5. The van der Waals surface area contributed by atoms with Gasteiger partial charge >= 0.3 is 5.97 Å². The Kier molecular flexibility index (Phi) is 18.3. The van der Waals surface area contributed by atoms with Crippen LogP contribution in [0.3, 0.4) is 0 Å². The van der Waals surface area contributed by atoms with Gasteiger partial charge < -0.3 is 14.9 Å². The Balaban J connectivity index is 3.52. The monoisotopic (exact) mass is 398 g/mol. The quantitative estimate of drug-likeness (QED) is 0.184. The average Bonchev–Trinajstić information content (AvgIpc) is 2.68. The number of hydrogen-bond donors (Lipinski definition) is 2. The second-order valence-electron chi connectivity index (χ2n) is 7.61. The molecule has 0 aromatic heterocycles. The van der Waals surface area contributed by atoms with Gasteiger partial charge in [-0.2, -0.15) is 0 Å². The molecule has 0 fully saturated rings. The highest BCUT2D eigenvalue weighted by molar-refractivity contribution is 5.84. The summed E-state index contributed by atoms with van der Waals surface area (Å²) >= 11 is 0. The van der Waals surface area contributed by atoms with Crippen LogP contribution in [-0.4, -0.2) is 40.8 Å². The number of Topliss-reactive ketones (excluding diaryl/α,β-unsaturated/α-hetero) is 1. The van der Waals surface area contributed by atoms with Crippen molar-refractivity contribution < 1.29 is 24.5 Å². The molecule has 0 saturated heterocycles. The third-order valence-corrected chi connectivity index (χ3v) is 4.84. The summed E-state index contributed by atoms with van der Waals surface area (Å²) in [5, 5.41) is 18.4. The first-order valence-electron chi connectivity index (χ1n) is 11.2. The zero-order valence-electron chi connectivity index (χ0n) is 18.0. The number of allylic oxidation sites excluding steroid dienone is 2. The fraction of sp³-hybridized carbons (Fsp3) is 0.826. The van der Waals surface area contributed by atoms with Gasteiger partial charge in [0.15, 0.2) is 11.9 Å². The van der Waals surface area contributed by atoms with Gasteiger partial charge in [-0.3, -0.25) is 9.59 Å². The van der Waals surface area contributed by atoms with E-state index in [1.807, 2.05) is 0 Å². The molecule has 0 amide bonds. The molecule has 2 unspecified atom stereocenters. The lowest BCUT2D eigenvalue weighted by Crippen LogP contribution is -2.39. The van der Waals surface area contributed by atoms with Crippen molar-refractivity contribution in [1.29, 1.82) is 0 Å². The van der Waals surface area contributed by atoms with E-state index in [9.17, 15) is 14.7 Å². The van der Waals surface area contributed by atoms with Gasteiger partial charge in [0.05, 0.1) is 6.61 Å². The fourth-order valence-electron chi connectivity index (χ4n) is 3.07. The number of carbonyl (C=O) groups excluding carboxylic acids is 2. The summed E-state index contributed by atoms with van der Waals surface area (Å²) in [5.41, 5.74) is 0. The number of ether oxygens (including phenoxy) is 1. The molecule has 164 valence electrons. The van der Waals surface area contributed by atoms with E-state index in [0.717, 1.165) is 25.7 Å². The molecular formula is C23H42O5. The summed E-state index contributed by atoms with van der Waals surface area (Å²) < 4.78 is 4.98. The normalized spacial score (nSPS) is 13.6. The van der Waals surface area contributed by atoms with Crippen LogP contribution in [0.4, 0.5) is 0 Å². The first-order valence-corrected chi connectivity index (χ1v) is 11.2. The van der Waals surface area contributed by atoms with E-state index >= 15 is 0 Å². The van der Waals surface area contributed by atoms with E-state index in [2.05, 4.69) is 19.1 Å². The van der Waals surface area contributed by atoms with E-state index in [0.29, 0.717) is 6.42 Å². The van der Waals surface area contributed by atoms with Crippen molar-refractivity contribution in [3.05, 3.63) is 12.2 Å². The Bertz CT molecular complexity index is 419. The lowest BCUT2D eigenvalue weighted by Gasteiger charge is -2.19. The molecule has 0 aromatic rings. The van der Waals surface area contributed by atoms with Crippen molar-refractivity contribution in [2.24, 2.45) is 0 Å². The van der Waals surface area contributed by atoms with Crippen LogP contribution in [0.1, 0.15) is 104 Å². The van der Waals surface area contributed by atoms with E-state index in [1.165, 1.54) is 58.3 Å². The molecule has 0 aliphatic heterocycles. The van der Waals surface area contributed by atoms with Crippen LogP contribution in [0.2, 0.25) is 0 Å². The van der Waals surface area contributed by atoms with Crippen molar-refractivity contribution in [2.75, 3.05) is 6.61 Å². The van der Waals surface area contributed by atoms with Crippen molar-refractivity contribution in [1.82, 2.24) is 0 Å². The number of aliphatic hydroxyl groups is 2. The molecule has 0 heterocycles. The second kappa shape index (κ2) is 19.1. The van der Waals surface area contributed by atoms with Gasteiger partial charge in [-0.15, -0.1) is 0 Å². The number of hydrogen-bond acceptors (Lipinski definition) is 5. The third-order valence-electron chi connectivity index (χ3n) is 4.84. The molecule has 28 heavy (non-hydrogen) atoms. The summed E-state index contributed by atoms with van der Waals surface area (Å²) in [6.45, 7) is 2.87. The Labute approximate surface area is 171 Å². The van der Waals surface area contributed by atoms with Crippen LogP contribution < -0.4 is 0 Å². The standard InChI is InChI=1S/C23H42O5/c1-3-4-5-6-7-8-9-10-11-12-13-14-15-16-17-18-22(27)28-23(20(2)25)21(26)19-24/h10-11,21,23-24,26H,3-9,12-19H2,1-2H3. The molecule has 5 nitrogen and oxygen atoms in total. The zero-order valence-corrected chi connectivity index (χ0v) is 18.0. The SMILES string of the molecule is CCCCCCCCC=CCCCCCCCC(=O)OC(C(C)=O)C(O)CO. The molecule has 0 saturated carbocycles. The second-order valence-corrected chi connectivity index (χ2v) is 7.61. The predicted octanol–water partition coefficient (Wildman–Crippen LogP) is 4.88. The van der Waals surface area contributed by atoms with Crippen LogP contribution in [0.15, 0.2) is 12.2 Å². The van der Waals surface area contributed by atoms with Crippen LogP contribution >= 0.6 is 0 Å². The van der Waals surface area contributed by atoms with Crippen LogP contribution in [0, 0.1) is 0 Å². The molecule has 0 bridgehead atoms. The van der Waals surface area contributed by atoms with Gasteiger partial charge in [0.25, 0.3) is 0 Å². The van der Waals surface area contributed by atoms with Crippen molar-refractivity contribution >= 4 is 11.8 Å². The van der Waals surface area contributed by atoms with E-state index < -0.39 is 30.6 Å². The van der Waals surface area contributed by atoms with E-state index in [1.54, 1.807) is 0 Å². The minimum atomic E-state index is -1.35. The van der Waals surface area contributed by atoms with Crippen molar-refractivity contribution in [3.63, 3.8) is 0 Å². The summed E-state index contributed by atoms with van der Waals surface area (Å²) in [5.74, 6) is -0.954. The van der Waals surface area contributed by atoms with Crippen molar-refractivity contribution in [3.8, 4) is 0 Å². The Morgan fingerprint density at radius 2 is 1.36 bits per heavy atom. The maximum absolute atomic E-state index is 11.7. The highest BCUT2D eigenvalue weighted by atomic mass is 16.6. The average molecular weight is 399 g/mol. The molecule has 0 radical (unpaired) electrons. The van der Waals surface area contributed by atoms with Gasteiger partial charge in [-0.25, -0.2) is 0 Å². The molecule has 2 atom stereocenters. The van der Waals surface area contributed by atoms with Crippen molar-refractivity contribution in [2.45, 2.75) is 116 Å². The minimum Gasteiger partial charge on any atom is -0.451 e. The third kappa shape index (κ3) is 15.8. The van der Waals surface area contributed by atoms with Crippen LogP contribution in [-0.2, 0) is 14.3 Å². The number of rotatable bonds is 19. The molecule has 0 aliphatic rings. The van der Waals surface area contributed by atoms with Gasteiger partial charge in [0.2, 0.25) is 0 Å². The van der Waals surface area contributed by atoms with Crippen LogP contribution in [0.25, 0.3) is 0 Å². The van der Waals surface area contributed by atoms with Gasteiger partial charge in [-0.05, 0) is 39.0 Å².